The lowest BCUT2D eigenvalue weighted by Gasteiger charge is -2.15. The van der Waals surface area contributed by atoms with Crippen molar-refractivity contribution in [3.8, 4) is 0 Å². The number of carbonyl (C=O) groups is 1. The zero-order chi connectivity index (χ0) is 9.68. The number of aliphatic hydroxyl groups excluding tert-OH is 1. The van der Waals surface area contributed by atoms with E-state index in [4.69, 9.17) is 4.74 Å². The third-order valence-electron chi connectivity index (χ3n) is 2.05. The Balaban J connectivity index is 2.51. The van der Waals surface area contributed by atoms with Crippen LogP contribution in [0.1, 0.15) is 32.6 Å². The lowest BCUT2D eigenvalue weighted by molar-refractivity contribution is -0.150. The molecule has 74 valence electrons. The van der Waals surface area contributed by atoms with E-state index in [0.717, 1.165) is 19.3 Å². The first-order chi connectivity index (χ1) is 6.18. The van der Waals surface area contributed by atoms with Crippen LogP contribution in [0.5, 0.6) is 0 Å². The molecule has 0 aromatic carbocycles. The summed E-state index contributed by atoms with van der Waals surface area (Å²) in [4.78, 5) is 11.1. The first-order valence-corrected chi connectivity index (χ1v) is 4.72. The molecule has 0 saturated carbocycles. The molecule has 0 saturated heterocycles. The van der Waals surface area contributed by atoms with Crippen molar-refractivity contribution in [2.45, 2.75) is 44.8 Å². The quantitative estimate of drug-likeness (QED) is 0.457. The Morgan fingerprint density at radius 3 is 3.15 bits per heavy atom. The highest BCUT2D eigenvalue weighted by molar-refractivity contribution is 5.70. The summed E-state index contributed by atoms with van der Waals surface area (Å²) in [5.74, 6) is -0.313. The van der Waals surface area contributed by atoms with E-state index < -0.39 is 6.10 Å². The van der Waals surface area contributed by atoms with E-state index in [0.29, 0.717) is 0 Å². The molecule has 0 aliphatic carbocycles. The minimum absolute atomic E-state index is 0.0220. The van der Waals surface area contributed by atoms with Gasteiger partial charge in [-0.05, 0) is 26.2 Å². The molecule has 3 heteroatoms. The SMILES string of the molecule is C[C@@H]1CCC/C=C/[C@H](O)CC(=O)O1. The summed E-state index contributed by atoms with van der Waals surface area (Å²) >= 11 is 0. The van der Waals surface area contributed by atoms with Gasteiger partial charge in [-0.15, -0.1) is 0 Å². The minimum Gasteiger partial charge on any atom is -0.463 e. The van der Waals surface area contributed by atoms with E-state index in [1.807, 2.05) is 13.0 Å². The lowest BCUT2D eigenvalue weighted by atomic mass is 10.1. The van der Waals surface area contributed by atoms with Crippen LogP contribution in [-0.2, 0) is 9.53 Å². The molecular weight excluding hydrogens is 168 g/mol. The molecule has 0 radical (unpaired) electrons. The van der Waals surface area contributed by atoms with Crippen LogP contribution in [0.2, 0.25) is 0 Å². The predicted molar refractivity (Wildman–Crippen MR) is 49.2 cm³/mol. The number of hydrogen-bond acceptors (Lipinski definition) is 3. The number of ether oxygens (including phenoxy) is 1. The van der Waals surface area contributed by atoms with Crippen molar-refractivity contribution < 1.29 is 14.6 Å². The highest BCUT2D eigenvalue weighted by Gasteiger charge is 2.13. The van der Waals surface area contributed by atoms with Crippen LogP contribution in [0.15, 0.2) is 12.2 Å². The summed E-state index contributed by atoms with van der Waals surface area (Å²) in [6.45, 7) is 1.88. The van der Waals surface area contributed by atoms with Gasteiger partial charge in [0, 0.05) is 0 Å². The van der Waals surface area contributed by atoms with Gasteiger partial charge in [-0.25, -0.2) is 0 Å². The molecule has 0 aromatic rings. The van der Waals surface area contributed by atoms with Crippen molar-refractivity contribution in [3.63, 3.8) is 0 Å². The molecule has 3 nitrogen and oxygen atoms in total. The number of carbonyl (C=O) groups excluding carboxylic acids is 1. The van der Waals surface area contributed by atoms with Gasteiger partial charge in [0.25, 0.3) is 0 Å². The van der Waals surface area contributed by atoms with E-state index in [1.165, 1.54) is 0 Å². The van der Waals surface area contributed by atoms with Crippen molar-refractivity contribution in [3.05, 3.63) is 12.2 Å². The number of aliphatic hydroxyl groups is 1. The van der Waals surface area contributed by atoms with Crippen molar-refractivity contribution in [1.29, 1.82) is 0 Å². The Morgan fingerprint density at radius 2 is 2.38 bits per heavy atom. The monoisotopic (exact) mass is 184 g/mol. The Hall–Kier alpha value is -0.830. The standard InChI is InChI=1S/C10H16O3/c1-8-5-3-2-4-6-9(11)7-10(12)13-8/h4,6,8-9,11H,2-3,5,7H2,1H3/b6-4+/t8-,9+/m1/s1. The number of esters is 1. The van der Waals surface area contributed by atoms with Gasteiger partial charge in [0.05, 0.1) is 18.6 Å². The predicted octanol–water partition coefficient (Wildman–Crippen LogP) is 1.41. The number of hydrogen-bond donors (Lipinski definition) is 1. The average molecular weight is 184 g/mol. The van der Waals surface area contributed by atoms with Gasteiger partial charge < -0.3 is 9.84 Å². The molecule has 1 aliphatic heterocycles. The fraction of sp³-hybridized carbons (Fsp3) is 0.700. The molecule has 2 atom stereocenters. The summed E-state index contributed by atoms with van der Waals surface area (Å²) in [5.41, 5.74) is 0. The summed E-state index contributed by atoms with van der Waals surface area (Å²) < 4.78 is 5.06. The van der Waals surface area contributed by atoms with E-state index >= 15 is 0 Å². The van der Waals surface area contributed by atoms with Gasteiger partial charge in [0.15, 0.2) is 0 Å². The van der Waals surface area contributed by atoms with Crippen LogP contribution in [0.25, 0.3) is 0 Å². The van der Waals surface area contributed by atoms with E-state index in [-0.39, 0.29) is 18.5 Å². The molecule has 1 rings (SSSR count). The van der Waals surface area contributed by atoms with Crippen LogP contribution in [0.4, 0.5) is 0 Å². The van der Waals surface area contributed by atoms with Crippen molar-refractivity contribution >= 4 is 5.97 Å². The van der Waals surface area contributed by atoms with Crippen LogP contribution < -0.4 is 0 Å². The van der Waals surface area contributed by atoms with Crippen LogP contribution >= 0.6 is 0 Å². The third-order valence-corrected chi connectivity index (χ3v) is 2.05. The first-order valence-electron chi connectivity index (χ1n) is 4.72. The second-order valence-electron chi connectivity index (χ2n) is 3.43. The topological polar surface area (TPSA) is 46.5 Å². The highest BCUT2D eigenvalue weighted by Crippen LogP contribution is 2.10. The van der Waals surface area contributed by atoms with Crippen LogP contribution in [0, 0.1) is 0 Å². The summed E-state index contributed by atoms with van der Waals surface area (Å²) in [7, 11) is 0. The Kier molecular flexibility index (Phi) is 3.96. The third kappa shape index (κ3) is 4.08. The first kappa shape index (κ1) is 10.3. The zero-order valence-electron chi connectivity index (χ0n) is 7.90. The second-order valence-corrected chi connectivity index (χ2v) is 3.43. The fourth-order valence-electron chi connectivity index (χ4n) is 1.35. The van der Waals surface area contributed by atoms with Gasteiger partial charge in [-0.3, -0.25) is 4.79 Å². The van der Waals surface area contributed by atoms with Crippen molar-refractivity contribution in [2.24, 2.45) is 0 Å². The van der Waals surface area contributed by atoms with E-state index in [2.05, 4.69) is 0 Å². The Morgan fingerprint density at radius 1 is 1.62 bits per heavy atom. The van der Waals surface area contributed by atoms with Crippen molar-refractivity contribution in [2.75, 3.05) is 0 Å². The largest absolute Gasteiger partial charge is 0.463 e. The molecular formula is C10H16O3. The molecule has 1 N–H and O–H groups in total. The molecule has 13 heavy (non-hydrogen) atoms. The Bertz CT molecular complexity index is 198. The molecule has 1 aliphatic rings. The molecule has 0 bridgehead atoms. The normalized spacial score (nSPS) is 33.5. The van der Waals surface area contributed by atoms with Gasteiger partial charge in [-0.2, -0.15) is 0 Å². The van der Waals surface area contributed by atoms with E-state index in [1.54, 1.807) is 6.08 Å². The molecule has 0 amide bonds. The summed E-state index contributed by atoms with van der Waals surface area (Å²) in [5, 5.41) is 9.30. The molecule has 0 fully saturated rings. The number of cyclic esters (lactones) is 1. The lowest BCUT2D eigenvalue weighted by Crippen LogP contribution is -2.19. The maximum Gasteiger partial charge on any atom is 0.309 e. The van der Waals surface area contributed by atoms with Gasteiger partial charge in [0.1, 0.15) is 0 Å². The fourth-order valence-corrected chi connectivity index (χ4v) is 1.35. The molecule has 0 aromatic heterocycles. The zero-order valence-corrected chi connectivity index (χ0v) is 7.90. The van der Waals surface area contributed by atoms with Gasteiger partial charge >= 0.3 is 5.97 Å². The van der Waals surface area contributed by atoms with Crippen LogP contribution in [0.3, 0.4) is 0 Å². The number of allylic oxidation sites excluding steroid dienone is 1. The maximum atomic E-state index is 11.1. The minimum atomic E-state index is -0.683. The summed E-state index contributed by atoms with van der Waals surface area (Å²) in [6, 6.07) is 0. The van der Waals surface area contributed by atoms with E-state index in [9.17, 15) is 9.90 Å². The molecule has 0 unspecified atom stereocenters. The van der Waals surface area contributed by atoms with Crippen LogP contribution in [-0.4, -0.2) is 23.3 Å². The smallest absolute Gasteiger partial charge is 0.309 e. The molecule has 1 heterocycles. The molecule has 0 spiro atoms. The number of rotatable bonds is 0. The summed E-state index contributed by atoms with van der Waals surface area (Å²) in [6.07, 6.45) is 5.79. The Labute approximate surface area is 78.4 Å². The van der Waals surface area contributed by atoms with Crippen molar-refractivity contribution in [1.82, 2.24) is 0 Å². The maximum absolute atomic E-state index is 11.1. The second kappa shape index (κ2) is 5.02. The van der Waals surface area contributed by atoms with Gasteiger partial charge in [0.2, 0.25) is 0 Å². The average Bonchev–Trinajstić information content (AvgIpc) is 2.02. The highest BCUT2D eigenvalue weighted by atomic mass is 16.5. The van der Waals surface area contributed by atoms with Gasteiger partial charge in [-0.1, -0.05) is 12.2 Å².